The fraction of sp³-hybridized carbons (Fsp3) is 0.154. The van der Waals surface area contributed by atoms with Gasteiger partial charge in [0.15, 0.2) is 11.5 Å². The van der Waals surface area contributed by atoms with E-state index in [-0.39, 0.29) is 5.56 Å². The second-order valence-electron chi connectivity index (χ2n) is 7.67. The zero-order valence-electron chi connectivity index (χ0n) is 18.2. The number of aromatic nitrogens is 2. The third kappa shape index (κ3) is 3.67. The number of rotatable bonds is 5. The van der Waals surface area contributed by atoms with Gasteiger partial charge in [-0.1, -0.05) is 30.3 Å². The molecule has 1 aliphatic heterocycles. The molecule has 0 bridgehead atoms. The quantitative estimate of drug-likeness (QED) is 0.479. The lowest BCUT2D eigenvalue weighted by Gasteiger charge is -2.12. The van der Waals surface area contributed by atoms with Gasteiger partial charge in [-0.05, 0) is 34.9 Å². The number of nitrogens with zero attached hydrogens (tertiary/aromatic N) is 2. The lowest BCUT2D eigenvalue weighted by Crippen LogP contribution is -2.00. The smallest absolute Gasteiger partial charge is 0.335 e. The Hall–Kier alpha value is -4.26. The van der Waals surface area contributed by atoms with Crippen LogP contribution in [0.5, 0.6) is 17.2 Å². The van der Waals surface area contributed by atoms with Crippen molar-refractivity contribution >= 4 is 22.6 Å². The molecule has 5 rings (SSSR count). The van der Waals surface area contributed by atoms with Crippen LogP contribution in [0.25, 0.3) is 16.6 Å². The van der Waals surface area contributed by atoms with Gasteiger partial charge in [-0.2, -0.15) is 0 Å². The van der Waals surface area contributed by atoms with Crippen LogP contribution in [0.4, 0.5) is 0 Å². The van der Waals surface area contributed by atoms with Gasteiger partial charge in [0.1, 0.15) is 12.4 Å². The molecule has 3 aromatic carbocycles. The summed E-state index contributed by atoms with van der Waals surface area (Å²) in [5, 5.41) is 9.53. The molecule has 1 aromatic heterocycles. The van der Waals surface area contributed by atoms with E-state index >= 15 is 0 Å². The first-order valence-electron chi connectivity index (χ1n) is 10.4. The number of allylic oxidation sites excluding steroid dienone is 1. The summed E-state index contributed by atoms with van der Waals surface area (Å²) in [6.45, 7) is 0.935. The standard InChI is InChI=1S/C26H22N2O5/c1-31-24-12-21-22(13-25(24)32-2)28(15-27-21)10-9-19-18-6-4-3-5-17(18)14-33-23-8-7-16(26(29)30)11-20(19)23/h3-9,11-13,15H,10,14H2,1-2H3,(H,29,30)/b19-9+. The van der Waals surface area contributed by atoms with Crippen LogP contribution in [-0.2, 0) is 13.2 Å². The van der Waals surface area contributed by atoms with Gasteiger partial charge in [-0.25, -0.2) is 9.78 Å². The maximum atomic E-state index is 11.6. The zero-order valence-corrected chi connectivity index (χ0v) is 18.2. The predicted octanol–water partition coefficient (Wildman–Crippen LogP) is 4.78. The lowest BCUT2D eigenvalue weighted by atomic mass is 9.93. The molecular formula is C26H22N2O5. The predicted molar refractivity (Wildman–Crippen MR) is 124 cm³/mol. The Kier molecular flexibility index (Phi) is 5.22. The minimum absolute atomic E-state index is 0.215. The van der Waals surface area contributed by atoms with E-state index in [0.717, 1.165) is 33.3 Å². The summed E-state index contributed by atoms with van der Waals surface area (Å²) in [6, 6.07) is 16.7. The molecule has 1 aliphatic rings. The third-order valence-corrected chi connectivity index (χ3v) is 5.83. The van der Waals surface area contributed by atoms with E-state index in [4.69, 9.17) is 14.2 Å². The Bertz CT molecular complexity index is 1400. The largest absolute Gasteiger partial charge is 0.493 e. The SMILES string of the molecule is COc1cc2ncn(C/C=C3\c4ccccc4COc4ccc(C(=O)O)cc43)c2cc1OC. The summed E-state index contributed by atoms with van der Waals surface area (Å²) in [5.41, 5.74) is 5.65. The van der Waals surface area contributed by atoms with Gasteiger partial charge in [0.2, 0.25) is 0 Å². The molecule has 0 saturated carbocycles. The molecule has 0 aliphatic carbocycles. The highest BCUT2D eigenvalue weighted by Gasteiger charge is 2.21. The third-order valence-electron chi connectivity index (χ3n) is 5.83. The number of carboxylic acid groups (broad SMARTS) is 1. The first-order chi connectivity index (χ1) is 16.1. The van der Waals surface area contributed by atoms with Gasteiger partial charge in [0.05, 0.1) is 37.1 Å². The van der Waals surface area contributed by atoms with Crippen LogP contribution < -0.4 is 14.2 Å². The number of hydrogen-bond acceptors (Lipinski definition) is 5. The average molecular weight is 442 g/mol. The highest BCUT2D eigenvalue weighted by molar-refractivity contribution is 5.92. The van der Waals surface area contributed by atoms with E-state index in [2.05, 4.69) is 11.1 Å². The molecule has 0 spiro atoms. The van der Waals surface area contributed by atoms with Crippen LogP contribution in [0, 0.1) is 0 Å². The molecule has 0 atom stereocenters. The Balaban J connectivity index is 1.64. The highest BCUT2D eigenvalue weighted by Crippen LogP contribution is 2.38. The van der Waals surface area contributed by atoms with Gasteiger partial charge in [0, 0.05) is 24.2 Å². The molecule has 2 heterocycles. The molecule has 1 N–H and O–H groups in total. The average Bonchev–Trinajstić information content (AvgIpc) is 3.16. The van der Waals surface area contributed by atoms with Gasteiger partial charge in [-0.15, -0.1) is 0 Å². The molecule has 0 fully saturated rings. The van der Waals surface area contributed by atoms with E-state index in [9.17, 15) is 9.90 Å². The van der Waals surface area contributed by atoms with Crippen LogP contribution in [-0.4, -0.2) is 34.8 Å². The number of carbonyl (C=O) groups is 1. The minimum atomic E-state index is -0.976. The molecule has 33 heavy (non-hydrogen) atoms. The molecule has 0 amide bonds. The van der Waals surface area contributed by atoms with Gasteiger partial charge < -0.3 is 23.9 Å². The Labute approximate surface area is 190 Å². The van der Waals surface area contributed by atoms with E-state index in [1.54, 1.807) is 38.7 Å². The van der Waals surface area contributed by atoms with Crippen molar-refractivity contribution in [1.29, 1.82) is 0 Å². The number of imidazole rings is 1. The van der Waals surface area contributed by atoms with Crippen LogP contribution in [0.15, 0.2) is 67.0 Å². The number of ether oxygens (including phenoxy) is 3. The summed E-state index contributed by atoms with van der Waals surface area (Å²) in [5.74, 6) is 0.934. The van der Waals surface area contributed by atoms with E-state index in [0.29, 0.717) is 30.4 Å². The van der Waals surface area contributed by atoms with Gasteiger partial charge >= 0.3 is 5.97 Å². The maximum absolute atomic E-state index is 11.6. The van der Waals surface area contributed by atoms with Crippen molar-refractivity contribution in [2.75, 3.05) is 14.2 Å². The van der Waals surface area contributed by atoms with Crippen LogP contribution >= 0.6 is 0 Å². The van der Waals surface area contributed by atoms with Crippen LogP contribution in [0.2, 0.25) is 0 Å². The molecule has 0 radical (unpaired) electrons. The summed E-state index contributed by atoms with van der Waals surface area (Å²) >= 11 is 0. The number of hydrogen-bond donors (Lipinski definition) is 1. The number of fused-ring (bicyclic) bond motifs is 3. The van der Waals surface area contributed by atoms with Crippen LogP contribution in [0.1, 0.15) is 27.0 Å². The van der Waals surface area contributed by atoms with Crippen molar-refractivity contribution < 1.29 is 24.1 Å². The number of carboxylic acids is 1. The fourth-order valence-corrected chi connectivity index (χ4v) is 4.15. The molecule has 4 aromatic rings. The van der Waals surface area contributed by atoms with Crippen molar-refractivity contribution in [3.05, 3.63) is 89.3 Å². The van der Waals surface area contributed by atoms with E-state index in [1.807, 2.05) is 41.0 Å². The Morgan fingerprint density at radius 3 is 2.67 bits per heavy atom. The van der Waals surface area contributed by atoms with Crippen molar-refractivity contribution in [2.24, 2.45) is 0 Å². The molecular weight excluding hydrogens is 420 g/mol. The number of methoxy groups -OCH3 is 2. The van der Waals surface area contributed by atoms with Crippen molar-refractivity contribution in [3.8, 4) is 17.2 Å². The monoisotopic (exact) mass is 442 g/mol. The molecule has 7 heteroatoms. The molecule has 0 saturated heterocycles. The number of benzene rings is 3. The molecule has 0 unspecified atom stereocenters. The van der Waals surface area contributed by atoms with Gasteiger partial charge in [0.25, 0.3) is 0 Å². The number of aromatic carboxylic acids is 1. The van der Waals surface area contributed by atoms with Crippen molar-refractivity contribution in [3.63, 3.8) is 0 Å². The van der Waals surface area contributed by atoms with Crippen molar-refractivity contribution in [2.45, 2.75) is 13.2 Å². The Morgan fingerprint density at radius 2 is 1.88 bits per heavy atom. The Morgan fingerprint density at radius 1 is 1.09 bits per heavy atom. The summed E-state index contributed by atoms with van der Waals surface area (Å²) in [6.07, 6.45) is 3.85. The highest BCUT2D eigenvalue weighted by atomic mass is 16.5. The fourth-order valence-electron chi connectivity index (χ4n) is 4.15. The van der Waals surface area contributed by atoms with Crippen molar-refractivity contribution in [1.82, 2.24) is 9.55 Å². The second kappa shape index (κ2) is 8.35. The first-order valence-corrected chi connectivity index (χ1v) is 10.4. The summed E-state index contributed by atoms with van der Waals surface area (Å²) in [7, 11) is 3.20. The lowest BCUT2D eigenvalue weighted by molar-refractivity contribution is 0.0697. The molecule has 166 valence electrons. The first kappa shape index (κ1) is 20.6. The normalized spacial score (nSPS) is 13.7. The summed E-state index contributed by atoms with van der Waals surface area (Å²) in [4.78, 5) is 16.1. The van der Waals surface area contributed by atoms with E-state index in [1.165, 1.54) is 0 Å². The van der Waals surface area contributed by atoms with E-state index < -0.39 is 5.97 Å². The van der Waals surface area contributed by atoms with Gasteiger partial charge in [-0.3, -0.25) is 0 Å². The minimum Gasteiger partial charge on any atom is -0.493 e. The topological polar surface area (TPSA) is 82.8 Å². The maximum Gasteiger partial charge on any atom is 0.335 e. The second-order valence-corrected chi connectivity index (χ2v) is 7.67. The van der Waals surface area contributed by atoms with Crippen LogP contribution in [0.3, 0.4) is 0 Å². The zero-order chi connectivity index (χ0) is 22.9. The molecule has 7 nitrogen and oxygen atoms in total. The summed E-state index contributed by atoms with van der Waals surface area (Å²) < 4.78 is 18.9.